The Balaban J connectivity index is 1.11. The summed E-state index contributed by atoms with van der Waals surface area (Å²) >= 11 is 6.31. The average molecular weight is 550 g/mol. The van der Waals surface area contributed by atoms with Gasteiger partial charge in [0.15, 0.2) is 11.6 Å². The Morgan fingerprint density at radius 2 is 1.76 bits per heavy atom. The number of hydrogen-bond donors (Lipinski definition) is 0. The van der Waals surface area contributed by atoms with Crippen molar-refractivity contribution in [2.24, 2.45) is 5.41 Å². The van der Waals surface area contributed by atoms with Crippen LogP contribution in [0.2, 0.25) is 5.02 Å². The van der Waals surface area contributed by atoms with Gasteiger partial charge in [-0.25, -0.2) is 8.78 Å². The number of benzene rings is 2. The fraction of sp³-hybridized carbons (Fsp3) is 0.481. The van der Waals surface area contributed by atoms with Gasteiger partial charge in [0.05, 0.1) is 23.5 Å². The van der Waals surface area contributed by atoms with Gasteiger partial charge in [0.1, 0.15) is 11.5 Å². The van der Waals surface area contributed by atoms with Crippen molar-refractivity contribution in [3.05, 3.63) is 70.0 Å². The van der Waals surface area contributed by atoms with Crippen molar-refractivity contribution < 1.29 is 22.0 Å². The summed E-state index contributed by atoms with van der Waals surface area (Å²) in [7, 11) is 0. The monoisotopic (exact) mass is 549 g/mol. The SMILES string of the molecule is Fc1c(N2CC3(CC(c4nnc5n4-c4ccc(Cl)cc4CN(CC4(F)CC4)C5)C3)C2)cccc1C(F)(F)F. The molecule has 0 amide bonds. The van der Waals surface area contributed by atoms with Crippen molar-refractivity contribution in [2.75, 3.05) is 24.5 Å². The van der Waals surface area contributed by atoms with E-state index < -0.39 is 23.2 Å². The van der Waals surface area contributed by atoms with E-state index >= 15 is 0 Å². The molecule has 0 N–H and O–H groups in total. The third-order valence-corrected chi connectivity index (χ3v) is 8.73. The zero-order valence-electron chi connectivity index (χ0n) is 20.4. The first-order chi connectivity index (χ1) is 18.0. The second kappa shape index (κ2) is 8.14. The molecule has 1 saturated heterocycles. The fourth-order valence-corrected chi connectivity index (χ4v) is 6.70. The van der Waals surface area contributed by atoms with Crippen LogP contribution in [-0.2, 0) is 19.3 Å². The lowest BCUT2D eigenvalue weighted by molar-refractivity contribution is -0.139. The normalized spacial score (nSPS) is 21.9. The van der Waals surface area contributed by atoms with Gasteiger partial charge in [0, 0.05) is 42.5 Å². The second-order valence-corrected chi connectivity index (χ2v) is 11.9. The second-order valence-electron chi connectivity index (χ2n) is 11.5. The Morgan fingerprint density at radius 3 is 2.47 bits per heavy atom. The predicted octanol–water partition coefficient (Wildman–Crippen LogP) is 6.28. The van der Waals surface area contributed by atoms with Crippen molar-refractivity contribution in [2.45, 2.75) is 56.5 Å². The van der Waals surface area contributed by atoms with E-state index in [4.69, 9.17) is 11.6 Å². The molecule has 3 heterocycles. The molecule has 0 unspecified atom stereocenters. The van der Waals surface area contributed by atoms with Gasteiger partial charge in [-0.3, -0.25) is 9.47 Å². The van der Waals surface area contributed by atoms with Crippen LogP contribution in [0.15, 0.2) is 36.4 Å². The van der Waals surface area contributed by atoms with Crippen LogP contribution in [0.1, 0.15) is 54.4 Å². The molecule has 0 radical (unpaired) electrons. The molecule has 0 bridgehead atoms. The standard InChI is InChI=1S/C27H25ClF5N5/c28-18-4-5-20-16(8-18)11-36(15-26(30)6-7-26)12-22-34-35-24(38(20)22)17-9-25(10-17)13-37(14-25)21-3-1-2-19(23(21)29)27(31,32)33/h1-5,8,17H,6-7,9-15H2. The van der Waals surface area contributed by atoms with Gasteiger partial charge in [-0.1, -0.05) is 17.7 Å². The molecule has 1 spiro atoms. The molecule has 2 saturated carbocycles. The molecule has 1 aromatic heterocycles. The predicted molar refractivity (Wildman–Crippen MR) is 132 cm³/mol. The average Bonchev–Trinajstić information content (AvgIpc) is 3.42. The molecular formula is C27H25ClF5N5. The lowest BCUT2D eigenvalue weighted by atomic mass is 9.57. The number of fused-ring (bicyclic) bond motifs is 3. The largest absolute Gasteiger partial charge is 0.419 e. The number of anilines is 1. The number of nitrogens with zero attached hydrogens (tertiary/aromatic N) is 5. The van der Waals surface area contributed by atoms with E-state index in [1.54, 1.807) is 4.90 Å². The maximum atomic E-state index is 14.6. The van der Waals surface area contributed by atoms with Crippen LogP contribution in [0.4, 0.5) is 27.6 Å². The molecule has 0 atom stereocenters. The molecule has 2 aliphatic heterocycles. The van der Waals surface area contributed by atoms with Crippen LogP contribution < -0.4 is 4.90 Å². The maximum absolute atomic E-state index is 14.6. The van der Waals surface area contributed by atoms with Crippen molar-refractivity contribution in [3.63, 3.8) is 0 Å². The topological polar surface area (TPSA) is 37.2 Å². The van der Waals surface area contributed by atoms with Crippen molar-refractivity contribution in [1.29, 1.82) is 0 Å². The van der Waals surface area contributed by atoms with E-state index in [-0.39, 0.29) is 17.0 Å². The summed E-state index contributed by atoms with van der Waals surface area (Å²) in [4.78, 5) is 3.75. The van der Waals surface area contributed by atoms with Crippen LogP contribution in [0.5, 0.6) is 0 Å². The Bertz CT molecular complexity index is 1420. The lowest BCUT2D eigenvalue weighted by Gasteiger charge is -2.59. The van der Waals surface area contributed by atoms with Crippen LogP contribution in [0.3, 0.4) is 0 Å². The number of aromatic nitrogens is 3. The minimum absolute atomic E-state index is 0.00237. The quantitative estimate of drug-likeness (QED) is 0.359. The van der Waals surface area contributed by atoms with Gasteiger partial charge in [0.2, 0.25) is 0 Å². The van der Waals surface area contributed by atoms with E-state index in [1.165, 1.54) is 12.1 Å². The van der Waals surface area contributed by atoms with Crippen LogP contribution in [-0.4, -0.2) is 45.0 Å². The molecule has 3 fully saturated rings. The molecule has 2 aliphatic carbocycles. The molecule has 5 nitrogen and oxygen atoms in total. The highest BCUT2D eigenvalue weighted by Crippen LogP contribution is 2.57. The third-order valence-electron chi connectivity index (χ3n) is 8.50. The van der Waals surface area contributed by atoms with Gasteiger partial charge >= 0.3 is 6.18 Å². The Morgan fingerprint density at radius 1 is 1.00 bits per heavy atom. The molecule has 7 rings (SSSR count). The van der Waals surface area contributed by atoms with E-state index in [2.05, 4.69) is 19.7 Å². The van der Waals surface area contributed by atoms with Gasteiger partial charge in [-0.05, 0) is 61.6 Å². The smallest absolute Gasteiger partial charge is 0.368 e. The van der Waals surface area contributed by atoms with Crippen LogP contribution >= 0.6 is 11.6 Å². The first-order valence-corrected chi connectivity index (χ1v) is 13.2. The molecular weight excluding hydrogens is 525 g/mol. The van der Waals surface area contributed by atoms with Gasteiger partial charge in [0.25, 0.3) is 0 Å². The first kappa shape index (κ1) is 24.3. The first-order valence-electron chi connectivity index (χ1n) is 12.8. The van der Waals surface area contributed by atoms with E-state index in [0.29, 0.717) is 50.6 Å². The summed E-state index contributed by atoms with van der Waals surface area (Å²) in [5.41, 5.74) is -0.515. The highest BCUT2D eigenvalue weighted by atomic mass is 35.5. The summed E-state index contributed by atoms with van der Waals surface area (Å²) in [6.07, 6.45) is -1.98. The molecule has 4 aliphatic rings. The number of hydrogen-bond acceptors (Lipinski definition) is 4. The van der Waals surface area contributed by atoms with Crippen molar-refractivity contribution >= 4 is 17.3 Å². The Kier molecular flexibility index (Phi) is 5.21. The molecule has 2 aromatic carbocycles. The van der Waals surface area contributed by atoms with Gasteiger partial charge < -0.3 is 4.90 Å². The minimum Gasteiger partial charge on any atom is -0.368 e. The molecule has 11 heteroatoms. The van der Waals surface area contributed by atoms with Crippen molar-refractivity contribution in [1.82, 2.24) is 19.7 Å². The number of halogens is 6. The van der Waals surface area contributed by atoms with Gasteiger partial charge in [-0.2, -0.15) is 13.2 Å². The van der Waals surface area contributed by atoms with Crippen LogP contribution in [0, 0.1) is 11.2 Å². The fourth-order valence-electron chi connectivity index (χ4n) is 6.50. The maximum Gasteiger partial charge on any atom is 0.419 e. The third kappa shape index (κ3) is 3.99. The minimum atomic E-state index is -4.73. The zero-order valence-corrected chi connectivity index (χ0v) is 21.2. The Hall–Kier alpha value is -2.72. The number of alkyl halides is 4. The molecule has 3 aromatic rings. The highest BCUT2D eigenvalue weighted by molar-refractivity contribution is 6.30. The summed E-state index contributed by atoms with van der Waals surface area (Å²) in [5, 5.41) is 9.65. The number of rotatable bonds is 4. The lowest BCUT2D eigenvalue weighted by Crippen LogP contribution is -2.62. The summed E-state index contributed by atoms with van der Waals surface area (Å²) < 4.78 is 70.8. The van der Waals surface area contributed by atoms with Crippen LogP contribution in [0.25, 0.3) is 5.69 Å². The zero-order chi connectivity index (χ0) is 26.4. The van der Waals surface area contributed by atoms with E-state index in [0.717, 1.165) is 41.8 Å². The Labute approximate surface area is 221 Å². The summed E-state index contributed by atoms with van der Waals surface area (Å²) in [6, 6.07) is 9.13. The highest BCUT2D eigenvalue weighted by Gasteiger charge is 2.55. The molecule has 38 heavy (non-hydrogen) atoms. The van der Waals surface area contributed by atoms with Crippen molar-refractivity contribution in [3.8, 4) is 5.69 Å². The summed E-state index contributed by atoms with van der Waals surface area (Å²) in [5.74, 6) is 0.499. The van der Waals surface area contributed by atoms with E-state index in [9.17, 15) is 22.0 Å². The van der Waals surface area contributed by atoms with E-state index in [1.807, 2.05) is 18.2 Å². The summed E-state index contributed by atoms with van der Waals surface area (Å²) in [6.45, 7) is 2.39. The molecule has 200 valence electrons. The van der Waals surface area contributed by atoms with Gasteiger partial charge in [-0.15, -0.1) is 10.2 Å².